The van der Waals surface area contributed by atoms with Crippen molar-refractivity contribution in [2.45, 2.75) is 0 Å². The average Bonchev–Trinajstić information content (AvgIpc) is 0.918. The predicted octanol–water partition coefficient (Wildman–Crippen LogP) is -0.526. The molecule has 0 fully saturated rings. The fourth-order valence-corrected chi connectivity index (χ4v) is 0. The summed E-state index contributed by atoms with van der Waals surface area (Å²) >= 11 is 1.40. The van der Waals surface area contributed by atoms with Crippen LogP contribution in [0.5, 0.6) is 0 Å². The number of hydrogen-bond acceptors (Lipinski definition) is 0. The number of rotatable bonds is 0. The Morgan fingerprint density at radius 2 is 1.75 bits per heavy atom. The van der Waals surface area contributed by atoms with Crippen molar-refractivity contribution in [3.05, 3.63) is 10.7 Å². The van der Waals surface area contributed by atoms with Gasteiger partial charge in [-0.1, -0.05) is 0 Å². The first-order chi connectivity index (χ1) is 1.41. The van der Waals surface area contributed by atoms with E-state index in [9.17, 15) is 0 Å². The van der Waals surface area contributed by atoms with Crippen LogP contribution in [0.4, 0.5) is 0 Å². The van der Waals surface area contributed by atoms with Crippen LogP contribution in [0.25, 0.3) is 0 Å². The molecule has 0 aliphatic carbocycles. The molecule has 1 nitrogen and oxygen atoms in total. The van der Waals surface area contributed by atoms with Crippen LogP contribution in [0, 0.1) is 0 Å². The van der Waals surface area contributed by atoms with Crippen molar-refractivity contribution in [3.63, 3.8) is 0 Å². The van der Waals surface area contributed by atoms with Gasteiger partial charge in [-0.25, -0.2) is 0 Å². The molecule has 0 atom stereocenters. The zero-order valence-electron chi connectivity index (χ0n) is 2.28. The minimum Gasteiger partial charge on any atom is -0.412 e. The minimum atomic E-state index is 0. The van der Waals surface area contributed by atoms with Gasteiger partial charge in [0.2, 0.25) is 0 Å². The van der Waals surface area contributed by atoms with Gasteiger partial charge >= 0.3 is 33.2 Å². The molecule has 2 N–H and O–H groups in total. The molecule has 0 saturated carbocycles. The second-order valence-corrected chi connectivity index (χ2v) is 1.37. The third kappa shape index (κ3) is 22.6. The van der Waals surface area contributed by atoms with Gasteiger partial charge in [-0.2, -0.15) is 0 Å². The maximum atomic E-state index is 3.40. The van der Waals surface area contributed by atoms with Crippen molar-refractivity contribution in [2.75, 3.05) is 0 Å². The molecule has 3 radical (unpaired) electrons. The zero-order valence-corrected chi connectivity index (χ0v) is 5.14. The molecule has 0 aromatic carbocycles. The quantitative estimate of drug-likeness (QED) is 0.431. The van der Waals surface area contributed by atoms with Gasteiger partial charge in [0.15, 0.2) is 0 Å². The molecule has 0 aliphatic rings. The molecule has 0 rings (SSSR count). The maximum absolute atomic E-state index is 3.40. The van der Waals surface area contributed by atoms with E-state index in [1.807, 2.05) is 4.09 Å². The third-order valence-corrected chi connectivity index (χ3v) is 0. The topological polar surface area (TPSA) is 31.5 Å². The molecular formula is C2H5OSn. The summed E-state index contributed by atoms with van der Waals surface area (Å²) in [6.07, 6.45) is 0. The van der Waals surface area contributed by atoms with E-state index < -0.39 is 0 Å². The molecule has 0 aromatic rings. The van der Waals surface area contributed by atoms with Crippen LogP contribution in [-0.2, 0) is 0 Å². The summed E-state index contributed by atoms with van der Waals surface area (Å²) in [6.45, 7) is 3.40. The van der Waals surface area contributed by atoms with Crippen molar-refractivity contribution in [1.29, 1.82) is 0 Å². The fraction of sp³-hybridized carbons (Fsp3) is 0. The maximum Gasteiger partial charge on any atom is -0.412 e. The second kappa shape index (κ2) is 9.73. The molecule has 0 aliphatic heterocycles. The first kappa shape index (κ1) is 8.82. The Morgan fingerprint density at radius 1 is 1.75 bits per heavy atom. The van der Waals surface area contributed by atoms with Crippen LogP contribution >= 0.6 is 0 Å². The van der Waals surface area contributed by atoms with Crippen LogP contribution in [0.3, 0.4) is 0 Å². The molecular weight excluding hydrogens is 159 g/mol. The molecule has 0 aromatic heterocycles. The first-order valence-electron chi connectivity index (χ1n) is 0.697. The standard InChI is InChI=1S/C2H3.H2O.Sn/c1-2;;/h1H,2H2;1H2;. The summed E-state index contributed by atoms with van der Waals surface area (Å²) in [7, 11) is 0. The fourth-order valence-electron chi connectivity index (χ4n) is 0. The minimum absolute atomic E-state index is 0. The molecule has 2 heteroatoms. The summed E-state index contributed by atoms with van der Waals surface area (Å²) in [6, 6.07) is 0. The van der Waals surface area contributed by atoms with Crippen molar-refractivity contribution < 1.29 is 5.48 Å². The molecule has 0 heterocycles. The largest absolute Gasteiger partial charge is 0.412 e. The van der Waals surface area contributed by atoms with E-state index in [1.165, 1.54) is 22.5 Å². The monoisotopic (exact) mass is 165 g/mol. The summed E-state index contributed by atoms with van der Waals surface area (Å²) < 4.78 is 1.84. The van der Waals surface area contributed by atoms with Gasteiger partial charge in [0.25, 0.3) is 0 Å². The van der Waals surface area contributed by atoms with Crippen LogP contribution < -0.4 is 0 Å². The van der Waals surface area contributed by atoms with E-state index in [0.29, 0.717) is 0 Å². The predicted molar refractivity (Wildman–Crippen MR) is 19.6 cm³/mol. The summed E-state index contributed by atoms with van der Waals surface area (Å²) in [4.78, 5) is 0. The van der Waals surface area contributed by atoms with E-state index in [0.717, 1.165) is 0 Å². The Kier molecular flexibility index (Phi) is 21.4. The van der Waals surface area contributed by atoms with Gasteiger partial charge in [-0.05, 0) is 0 Å². The van der Waals surface area contributed by atoms with Gasteiger partial charge in [0.1, 0.15) is 0 Å². The molecule has 23 valence electrons. The van der Waals surface area contributed by atoms with Gasteiger partial charge < -0.3 is 5.48 Å². The van der Waals surface area contributed by atoms with Crippen molar-refractivity contribution >= 4 is 22.5 Å². The SMILES string of the molecule is C=[CH][Sn].O. The van der Waals surface area contributed by atoms with Crippen molar-refractivity contribution in [2.24, 2.45) is 0 Å². The third-order valence-electron chi connectivity index (χ3n) is 0. The Bertz CT molecular complexity index is 13.5. The Morgan fingerprint density at radius 3 is 1.75 bits per heavy atom. The molecule has 0 spiro atoms. The first-order valence-corrected chi connectivity index (χ1v) is 2.34. The van der Waals surface area contributed by atoms with Crippen molar-refractivity contribution in [1.82, 2.24) is 0 Å². The smallest absolute Gasteiger partial charge is 0.412 e. The molecule has 0 unspecified atom stereocenters. The van der Waals surface area contributed by atoms with Crippen molar-refractivity contribution in [3.8, 4) is 0 Å². The summed E-state index contributed by atoms with van der Waals surface area (Å²) in [5.74, 6) is 0. The zero-order chi connectivity index (χ0) is 2.71. The summed E-state index contributed by atoms with van der Waals surface area (Å²) in [5.41, 5.74) is 0. The van der Waals surface area contributed by atoms with Crippen LogP contribution in [0.1, 0.15) is 0 Å². The van der Waals surface area contributed by atoms with Gasteiger partial charge in [-0.3, -0.25) is 0 Å². The molecule has 0 saturated heterocycles. The van der Waals surface area contributed by atoms with Gasteiger partial charge in [0, 0.05) is 0 Å². The molecule has 0 bridgehead atoms. The van der Waals surface area contributed by atoms with E-state index in [1.54, 1.807) is 0 Å². The Hall–Kier alpha value is 0.499. The van der Waals surface area contributed by atoms with Gasteiger partial charge in [-0.15, -0.1) is 0 Å². The molecule has 4 heavy (non-hydrogen) atoms. The van der Waals surface area contributed by atoms with E-state index >= 15 is 0 Å². The van der Waals surface area contributed by atoms with Crippen LogP contribution in [0.2, 0.25) is 0 Å². The van der Waals surface area contributed by atoms with E-state index in [4.69, 9.17) is 0 Å². The van der Waals surface area contributed by atoms with E-state index in [2.05, 4.69) is 6.58 Å². The summed E-state index contributed by atoms with van der Waals surface area (Å²) in [5, 5.41) is 0. The van der Waals surface area contributed by atoms with Crippen LogP contribution in [0.15, 0.2) is 10.7 Å². The second-order valence-electron chi connectivity index (χ2n) is 0.204. The Balaban J connectivity index is 0. The van der Waals surface area contributed by atoms with E-state index in [-0.39, 0.29) is 5.48 Å². The van der Waals surface area contributed by atoms with Gasteiger partial charge in [0.05, 0.1) is 0 Å². The van der Waals surface area contributed by atoms with Crippen LogP contribution in [-0.4, -0.2) is 28.0 Å². The number of hydrogen-bond donors (Lipinski definition) is 0. The average molecular weight is 164 g/mol. The Labute approximate surface area is 39.1 Å². The normalized spacial score (nSPS) is 3.25. The molecule has 0 amide bonds.